The predicted octanol–water partition coefficient (Wildman–Crippen LogP) is 4.11. The van der Waals surface area contributed by atoms with Gasteiger partial charge >= 0.3 is 0 Å². The van der Waals surface area contributed by atoms with Crippen molar-refractivity contribution >= 4 is 17.5 Å². The molecule has 8 atom stereocenters. The van der Waals surface area contributed by atoms with E-state index >= 15 is 0 Å². The lowest BCUT2D eigenvalue weighted by Gasteiger charge is -2.60. The number of hydrogen-bond acceptors (Lipinski definition) is 2. The topological polar surface area (TPSA) is 49.3 Å². The lowest BCUT2D eigenvalue weighted by Crippen LogP contribution is -2.56. The van der Waals surface area contributed by atoms with Crippen LogP contribution in [0.2, 0.25) is 0 Å². The van der Waals surface area contributed by atoms with Crippen molar-refractivity contribution in [1.82, 2.24) is 5.32 Å². The Labute approximate surface area is 157 Å². The highest BCUT2D eigenvalue weighted by Gasteiger charge is 2.60. The third-order valence-corrected chi connectivity index (χ3v) is 9.34. The van der Waals surface area contributed by atoms with E-state index in [0.29, 0.717) is 11.5 Å². The van der Waals surface area contributed by atoms with Crippen LogP contribution in [0, 0.1) is 34.5 Å². The second-order valence-corrected chi connectivity index (χ2v) is 10.2. The van der Waals surface area contributed by atoms with E-state index in [1.165, 1.54) is 38.5 Å². The number of alkyl halides is 1. The summed E-state index contributed by atoms with van der Waals surface area (Å²) >= 11 is 5.74. The van der Waals surface area contributed by atoms with Crippen molar-refractivity contribution in [1.29, 1.82) is 0 Å². The van der Waals surface area contributed by atoms with E-state index in [2.05, 4.69) is 19.2 Å². The molecule has 0 saturated heterocycles. The number of carbonyl (C=O) groups is 1. The minimum absolute atomic E-state index is 0.00685. The minimum atomic E-state index is -0.0647. The number of carbonyl (C=O) groups excluding carboxylic acids is 1. The molecule has 4 fully saturated rings. The highest BCUT2D eigenvalue weighted by Crippen LogP contribution is 2.66. The number of fused-ring (bicyclic) bond motifs is 5. The first-order valence-corrected chi connectivity index (χ1v) is 11.0. The van der Waals surface area contributed by atoms with E-state index in [4.69, 9.17) is 11.6 Å². The maximum atomic E-state index is 11.9. The van der Waals surface area contributed by atoms with Gasteiger partial charge in [0.05, 0.1) is 6.10 Å². The molecule has 4 aliphatic carbocycles. The van der Waals surface area contributed by atoms with Gasteiger partial charge < -0.3 is 10.4 Å². The van der Waals surface area contributed by atoms with Gasteiger partial charge in [-0.25, -0.2) is 0 Å². The molecule has 0 aliphatic heterocycles. The SMILES string of the molecule is C[C@@]12CC[C@@H](O)C[C@H]1CC[C@H]1[C@H]2CC[C@]2(C)[C@@H](NC(=O)CCl)CC[C@H]12. The summed E-state index contributed by atoms with van der Waals surface area (Å²) in [5, 5.41) is 13.4. The van der Waals surface area contributed by atoms with Gasteiger partial charge in [-0.05, 0) is 92.3 Å². The van der Waals surface area contributed by atoms with Gasteiger partial charge in [-0.2, -0.15) is 0 Å². The van der Waals surface area contributed by atoms with Crippen LogP contribution in [0.5, 0.6) is 0 Å². The molecule has 142 valence electrons. The molecule has 0 unspecified atom stereocenters. The Kier molecular flexibility index (Phi) is 4.64. The summed E-state index contributed by atoms with van der Waals surface area (Å²) in [6.45, 7) is 4.96. The first-order valence-electron chi connectivity index (χ1n) is 10.4. The maximum absolute atomic E-state index is 11.9. The molecule has 4 saturated carbocycles. The Bertz CT molecular complexity index is 540. The van der Waals surface area contributed by atoms with E-state index in [1.54, 1.807) is 0 Å². The molecular formula is C21H34ClNO2. The number of hydrogen-bond donors (Lipinski definition) is 2. The van der Waals surface area contributed by atoms with Crippen LogP contribution in [0.1, 0.15) is 71.6 Å². The molecule has 0 heterocycles. The van der Waals surface area contributed by atoms with Crippen molar-refractivity contribution in [2.24, 2.45) is 34.5 Å². The van der Waals surface area contributed by atoms with Gasteiger partial charge in [0, 0.05) is 6.04 Å². The lowest BCUT2D eigenvalue weighted by molar-refractivity contribution is -0.128. The molecule has 25 heavy (non-hydrogen) atoms. The molecule has 1 amide bonds. The van der Waals surface area contributed by atoms with Crippen molar-refractivity contribution in [3.05, 3.63) is 0 Å². The number of aliphatic hydroxyl groups is 1. The summed E-state index contributed by atoms with van der Waals surface area (Å²) < 4.78 is 0. The van der Waals surface area contributed by atoms with E-state index < -0.39 is 0 Å². The van der Waals surface area contributed by atoms with E-state index in [-0.39, 0.29) is 23.3 Å². The van der Waals surface area contributed by atoms with Gasteiger partial charge in [-0.15, -0.1) is 11.6 Å². The largest absolute Gasteiger partial charge is 0.393 e. The van der Waals surface area contributed by atoms with Crippen LogP contribution in [0.15, 0.2) is 0 Å². The lowest BCUT2D eigenvalue weighted by atomic mass is 9.45. The Hall–Kier alpha value is -0.280. The second kappa shape index (κ2) is 6.41. The molecule has 4 rings (SSSR count). The van der Waals surface area contributed by atoms with Crippen molar-refractivity contribution in [3.63, 3.8) is 0 Å². The summed E-state index contributed by atoms with van der Waals surface area (Å²) in [5.41, 5.74) is 0.682. The molecule has 0 spiro atoms. The molecular weight excluding hydrogens is 334 g/mol. The number of aliphatic hydroxyl groups excluding tert-OH is 1. The van der Waals surface area contributed by atoms with E-state index in [9.17, 15) is 9.90 Å². The quantitative estimate of drug-likeness (QED) is 0.721. The number of amides is 1. The first kappa shape index (κ1) is 18.1. The van der Waals surface area contributed by atoms with Crippen LogP contribution < -0.4 is 5.32 Å². The van der Waals surface area contributed by atoms with Gasteiger partial charge in [0.15, 0.2) is 0 Å². The van der Waals surface area contributed by atoms with Gasteiger partial charge in [-0.3, -0.25) is 4.79 Å². The highest BCUT2D eigenvalue weighted by atomic mass is 35.5. The van der Waals surface area contributed by atoms with Crippen molar-refractivity contribution in [3.8, 4) is 0 Å². The number of rotatable bonds is 2. The smallest absolute Gasteiger partial charge is 0.235 e. The Morgan fingerprint density at radius 1 is 1.04 bits per heavy atom. The summed E-state index contributed by atoms with van der Waals surface area (Å²) in [6, 6.07) is 0.309. The minimum Gasteiger partial charge on any atom is -0.393 e. The van der Waals surface area contributed by atoms with Crippen LogP contribution in [-0.2, 0) is 4.79 Å². The molecule has 2 N–H and O–H groups in total. The average Bonchev–Trinajstić information content (AvgIpc) is 2.92. The predicted molar refractivity (Wildman–Crippen MR) is 100 cm³/mol. The average molecular weight is 368 g/mol. The van der Waals surface area contributed by atoms with Gasteiger partial charge in [0.1, 0.15) is 5.88 Å². The zero-order valence-electron chi connectivity index (χ0n) is 15.8. The Morgan fingerprint density at radius 2 is 1.76 bits per heavy atom. The summed E-state index contributed by atoms with van der Waals surface area (Å²) in [4.78, 5) is 11.9. The molecule has 0 radical (unpaired) electrons. The molecule has 0 aromatic rings. The summed E-state index contributed by atoms with van der Waals surface area (Å²) in [7, 11) is 0. The fraction of sp³-hybridized carbons (Fsp3) is 0.952. The molecule has 0 aromatic heterocycles. The fourth-order valence-electron chi connectivity index (χ4n) is 7.71. The third-order valence-electron chi connectivity index (χ3n) is 9.09. The van der Waals surface area contributed by atoms with E-state index in [1.807, 2.05) is 0 Å². The number of halogens is 1. The van der Waals surface area contributed by atoms with Crippen LogP contribution in [0.4, 0.5) is 0 Å². The Balaban J connectivity index is 1.55. The van der Waals surface area contributed by atoms with Crippen LogP contribution in [0.3, 0.4) is 0 Å². The molecule has 0 bridgehead atoms. The molecule has 0 aromatic carbocycles. The highest BCUT2D eigenvalue weighted by molar-refractivity contribution is 6.27. The van der Waals surface area contributed by atoms with Gasteiger partial charge in [0.25, 0.3) is 0 Å². The summed E-state index contributed by atoms with van der Waals surface area (Å²) in [6.07, 6.45) is 10.7. The van der Waals surface area contributed by atoms with Gasteiger partial charge in [-0.1, -0.05) is 13.8 Å². The standard InChI is InChI=1S/C21H34ClNO2/c1-20-9-7-14(24)11-13(20)3-4-15-16-5-6-18(23-19(25)12-22)21(16,2)10-8-17(15)20/h13-18,24H,3-12H2,1-2H3,(H,23,25)/t13-,14-,15-,16-,17-,18+,20-,21+/m1/s1. The van der Waals surface area contributed by atoms with Crippen molar-refractivity contribution < 1.29 is 9.90 Å². The third kappa shape index (κ3) is 2.76. The van der Waals surface area contributed by atoms with Crippen molar-refractivity contribution in [2.45, 2.75) is 83.8 Å². The van der Waals surface area contributed by atoms with Crippen LogP contribution >= 0.6 is 11.6 Å². The second-order valence-electron chi connectivity index (χ2n) is 9.96. The normalized spacial score (nSPS) is 52.0. The van der Waals surface area contributed by atoms with E-state index in [0.717, 1.165) is 42.9 Å². The number of nitrogens with one attached hydrogen (secondary N) is 1. The van der Waals surface area contributed by atoms with Gasteiger partial charge in [0.2, 0.25) is 5.91 Å². The Morgan fingerprint density at radius 3 is 2.52 bits per heavy atom. The zero-order chi connectivity index (χ0) is 17.8. The van der Waals surface area contributed by atoms with Crippen LogP contribution in [0.25, 0.3) is 0 Å². The zero-order valence-corrected chi connectivity index (χ0v) is 16.5. The molecule has 4 heteroatoms. The first-order chi connectivity index (χ1) is 11.9. The summed E-state index contributed by atoms with van der Waals surface area (Å²) in [5.74, 6) is 3.16. The molecule has 4 aliphatic rings. The fourth-order valence-corrected chi connectivity index (χ4v) is 7.78. The van der Waals surface area contributed by atoms with Crippen molar-refractivity contribution in [2.75, 3.05) is 5.88 Å². The maximum Gasteiger partial charge on any atom is 0.235 e. The molecule has 3 nitrogen and oxygen atoms in total. The van der Waals surface area contributed by atoms with Crippen LogP contribution in [-0.4, -0.2) is 29.0 Å². The monoisotopic (exact) mass is 367 g/mol.